The zero-order valence-electron chi connectivity index (χ0n) is 18.8. The van der Waals surface area contributed by atoms with Gasteiger partial charge in [-0.1, -0.05) is 12.1 Å². The summed E-state index contributed by atoms with van der Waals surface area (Å²) in [5.41, 5.74) is 1.28. The summed E-state index contributed by atoms with van der Waals surface area (Å²) in [6, 6.07) is 8.67. The highest BCUT2D eigenvalue weighted by molar-refractivity contribution is 5.79. The van der Waals surface area contributed by atoms with E-state index in [-0.39, 0.29) is 6.04 Å². The SMILES string of the molecule is CN=C(NCC(c1ccc(OC)cc1)N1CCOCC1)N(C)CCC1CCOCC1. The zero-order chi connectivity index (χ0) is 21.2. The van der Waals surface area contributed by atoms with Crippen molar-refractivity contribution in [3.8, 4) is 5.75 Å². The molecule has 0 spiro atoms. The molecule has 0 aromatic heterocycles. The Morgan fingerprint density at radius 3 is 2.47 bits per heavy atom. The number of guanidine groups is 1. The number of rotatable bonds is 8. The third kappa shape index (κ3) is 6.59. The Labute approximate surface area is 181 Å². The standard InChI is InChI=1S/C23H38N4O3/c1-24-23(26(2)11-8-19-9-14-29-15-10-19)25-18-22(27-12-16-30-17-13-27)20-4-6-21(28-3)7-5-20/h4-7,19,22H,8-18H2,1-3H3,(H,24,25). The van der Waals surface area contributed by atoms with Crippen LogP contribution in [0.15, 0.2) is 29.3 Å². The van der Waals surface area contributed by atoms with Gasteiger partial charge in [-0.2, -0.15) is 0 Å². The van der Waals surface area contributed by atoms with E-state index in [1.54, 1.807) is 7.11 Å². The minimum atomic E-state index is 0.264. The molecule has 2 heterocycles. The molecule has 7 heteroatoms. The first-order valence-electron chi connectivity index (χ1n) is 11.2. The fraction of sp³-hybridized carbons (Fsp3) is 0.696. The fourth-order valence-corrected chi connectivity index (χ4v) is 4.26. The van der Waals surface area contributed by atoms with Crippen molar-refractivity contribution in [2.75, 3.05) is 73.8 Å². The molecule has 0 radical (unpaired) electrons. The van der Waals surface area contributed by atoms with Crippen molar-refractivity contribution in [1.82, 2.24) is 15.1 Å². The Morgan fingerprint density at radius 2 is 1.83 bits per heavy atom. The predicted octanol–water partition coefficient (Wildman–Crippen LogP) is 2.39. The first-order chi connectivity index (χ1) is 14.7. The molecule has 1 N–H and O–H groups in total. The lowest BCUT2D eigenvalue weighted by atomic mass is 9.96. The number of nitrogens with one attached hydrogen (secondary N) is 1. The van der Waals surface area contributed by atoms with Crippen molar-refractivity contribution >= 4 is 5.96 Å². The fourth-order valence-electron chi connectivity index (χ4n) is 4.26. The molecule has 0 aliphatic carbocycles. The van der Waals surface area contributed by atoms with Gasteiger partial charge >= 0.3 is 0 Å². The Balaban J connectivity index is 1.59. The largest absolute Gasteiger partial charge is 0.497 e. The van der Waals surface area contributed by atoms with Crippen LogP contribution in [0, 0.1) is 5.92 Å². The molecule has 2 saturated heterocycles. The minimum absolute atomic E-state index is 0.264. The highest BCUT2D eigenvalue weighted by atomic mass is 16.5. The van der Waals surface area contributed by atoms with Crippen molar-refractivity contribution in [3.63, 3.8) is 0 Å². The third-order valence-corrected chi connectivity index (χ3v) is 6.23. The maximum absolute atomic E-state index is 5.57. The van der Waals surface area contributed by atoms with Gasteiger partial charge in [0.2, 0.25) is 0 Å². The monoisotopic (exact) mass is 418 g/mol. The van der Waals surface area contributed by atoms with Crippen LogP contribution in [0.1, 0.15) is 30.9 Å². The van der Waals surface area contributed by atoms with Crippen LogP contribution in [-0.4, -0.2) is 89.6 Å². The number of nitrogens with zero attached hydrogens (tertiary/aromatic N) is 3. The van der Waals surface area contributed by atoms with Gasteiger partial charge in [0.05, 0.1) is 26.4 Å². The molecule has 3 rings (SSSR count). The van der Waals surface area contributed by atoms with Gasteiger partial charge in [0, 0.05) is 53.5 Å². The Kier molecular flexibility index (Phi) is 9.24. The van der Waals surface area contributed by atoms with Crippen molar-refractivity contribution in [3.05, 3.63) is 29.8 Å². The van der Waals surface area contributed by atoms with E-state index in [1.807, 2.05) is 19.2 Å². The van der Waals surface area contributed by atoms with Crippen molar-refractivity contribution in [1.29, 1.82) is 0 Å². The van der Waals surface area contributed by atoms with Crippen LogP contribution in [0.4, 0.5) is 0 Å². The lowest BCUT2D eigenvalue weighted by Crippen LogP contribution is -2.47. The molecule has 1 aromatic rings. The lowest BCUT2D eigenvalue weighted by molar-refractivity contribution is 0.0169. The summed E-state index contributed by atoms with van der Waals surface area (Å²) in [7, 11) is 5.70. The Morgan fingerprint density at radius 1 is 1.17 bits per heavy atom. The number of methoxy groups -OCH3 is 1. The molecule has 168 valence electrons. The van der Waals surface area contributed by atoms with Crippen LogP contribution in [0.25, 0.3) is 0 Å². The van der Waals surface area contributed by atoms with E-state index < -0.39 is 0 Å². The van der Waals surface area contributed by atoms with E-state index in [4.69, 9.17) is 14.2 Å². The summed E-state index contributed by atoms with van der Waals surface area (Å²) in [5, 5.41) is 3.62. The van der Waals surface area contributed by atoms with E-state index in [9.17, 15) is 0 Å². The smallest absolute Gasteiger partial charge is 0.193 e. The van der Waals surface area contributed by atoms with Gasteiger partial charge in [0.25, 0.3) is 0 Å². The first-order valence-corrected chi connectivity index (χ1v) is 11.2. The van der Waals surface area contributed by atoms with Crippen molar-refractivity contribution in [2.24, 2.45) is 10.9 Å². The number of benzene rings is 1. The van der Waals surface area contributed by atoms with Gasteiger partial charge in [-0.15, -0.1) is 0 Å². The van der Waals surface area contributed by atoms with E-state index in [0.29, 0.717) is 0 Å². The minimum Gasteiger partial charge on any atom is -0.497 e. The molecule has 1 aromatic carbocycles. The second kappa shape index (κ2) is 12.1. The van der Waals surface area contributed by atoms with E-state index in [1.165, 1.54) is 24.8 Å². The van der Waals surface area contributed by atoms with E-state index in [2.05, 4.69) is 39.3 Å². The van der Waals surface area contributed by atoms with Crippen LogP contribution in [0.3, 0.4) is 0 Å². The maximum Gasteiger partial charge on any atom is 0.193 e. The summed E-state index contributed by atoms with van der Waals surface area (Å²) in [5.74, 6) is 2.60. The molecule has 2 fully saturated rings. The normalized spacial score (nSPS) is 20.0. The molecule has 30 heavy (non-hydrogen) atoms. The molecule has 2 aliphatic rings. The molecular weight excluding hydrogens is 380 g/mol. The van der Waals surface area contributed by atoms with Gasteiger partial charge in [-0.3, -0.25) is 9.89 Å². The summed E-state index contributed by atoms with van der Waals surface area (Å²) < 4.78 is 16.4. The molecule has 7 nitrogen and oxygen atoms in total. The molecule has 0 amide bonds. The second-order valence-electron chi connectivity index (χ2n) is 8.13. The van der Waals surface area contributed by atoms with Gasteiger partial charge in [-0.25, -0.2) is 0 Å². The van der Waals surface area contributed by atoms with Gasteiger partial charge in [0.15, 0.2) is 5.96 Å². The number of hydrogen-bond donors (Lipinski definition) is 1. The van der Waals surface area contributed by atoms with Crippen molar-refractivity contribution < 1.29 is 14.2 Å². The topological polar surface area (TPSA) is 58.6 Å². The summed E-state index contributed by atoms with van der Waals surface area (Å²) in [4.78, 5) is 9.28. The second-order valence-corrected chi connectivity index (χ2v) is 8.13. The van der Waals surface area contributed by atoms with Gasteiger partial charge in [-0.05, 0) is 42.9 Å². The van der Waals surface area contributed by atoms with Crippen LogP contribution in [0.2, 0.25) is 0 Å². The highest BCUT2D eigenvalue weighted by Gasteiger charge is 2.23. The van der Waals surface area contributed by atoms with Gasteiger partial charge < -0.3 is 24.4 Å². The lowest BCUT2D eigenvalue weighted by Gasteiger charge is -2.36. The maximum atomic E-state index is 5.57. The van der Waals surface area contributed by atoms with Crippen molar-refractivity contribution in [2.45, 2.75) is 25.3 Å². The predicted molar refractivity (Wildman–Crippen MR) is 120 cm³/mol. The number of aliphatic imine (C=N–C) groups is 1. The Bertz CT molecular complexity index is 640. The molecule has 1 unspecified atom stereocenters. The zero-order valence-corrected chi connectivity index (χ0v) is 18.8. The molecular formula is C23H38N4O3. The van der Waals surface area contributed by atoms with Crippen LogP contribution in [-0.2, 0) is 9.47 Å². The number of hydrogen-bond acceptors (Lipinski definition) is 5. The molecule has 1 atom stereocenters. The molecule has 2 aliphatic heterocycles. The van der Waals surface area contributed by atoms with Crippen LogP contribution >= 0.6 is 0 Å². The van der Waals surface area contributed by atoms with E-state index >= 15 is 0 Å². The Hall–Kier alpha value is -1.83. The number of ether oxygens (including phenoxy) is 3. The average Bonchev–Trinajstić information content (AvgIpc) is 2.82. The summed E-state index contributed by atoms with van der Waals surface area (Å²) in [6.45, 7) is 7.08. The molecule has 0 saturated carbocycles. The first kappa shape index (κ1) is 22.8. The summed E-state index contributed by atoms with van der Waals surface area (Å²) >= 11 is 0. The number of morpholine rings is 1. The van der Waals surface area contributed by atoms with Gasteiger partial charge in [0.1, 0.15) is 5.75 Å². The third-order valence-electron chi connectivity index (χ3n) is 6.23. The average molecular weight is 419 g/mol. The highest BCUT2D eigenvalue weighted by Crippen LogP contribution is 2.24. The molecule has 0 bridgehead atoms. The van der Waals surface area contributed by atoms with Crippen LogP contribution in [0.5, 0.6) is 5.75 Å². The summed E-state index contributed by atoms with van der Waals surface area (Å²) in [6.07, 6.45) is 3.54. The van der Waals surface area contributed by atoms with Crippen LogP contribution < -0.4 is 10.1 Å². The van der Waals surface area contributed by atoms with E-state index in [0.717, 1.165) is 70.2 Å². The quantitative estimate of drug-likeness (QED) is 0.517.